The molecule has 2 aromatic rings. The summed E-state index contributed by atoms with van der Waals surface area (Å²) in [4.78, 5) is 29.2. The lowest BCUT2D eigenvalue weighted by molar-refractivity contribution is -0.141. The molecule has 0 spiro atoms. The molecule has 1 unspecified atom stereocenters. The highest BCUT2D eigenvalue weighted by atomic mass is 32.1. The van der Waals surface area contributed by atoms with Gasteiger partial charge in [-0.15, -0.1) is 11.3 Å². The van der Waals surface area contributed by atoms with Gasteiger partial charge in [-0.05, 0) is 25.0 Å². The number of aromatic nitrogens is 1. The summed E-state index contributed by atoms with van der Waals surface area (Å²) >= 11 is 1.32. The summed E-state index contributed by atoms with van der Waals surface area (Å²) < 4.78 is 0. The fourth-order valence-corrected chi connectivity index (χ4v) is 3.19. The highest BCUT2D eigenvalue weighted by Gasteiger charge is 2.35. The lowest BCUT2D eigenvalue weighted by atomic mass is 10.2. The topological polar surface area (TPSA) is 82.5 Å². The Morgan fingerprint density at radius 2 is 2.09 bits per heavy atom. The molecule has 1 saturated heterocycles. The first kappa shape index (κ1) is 14.5. The number of hydrogen-bond donors (Lipinski definition) is 2. The summed E-state index contributed by atoms with van der Waals surface area (Å²) in [7, 11) is 0. The van der Waals surface area contributed by atoms with Gasteiger partial charge in [-0.25, -0.2) is 9.78 Å². The number of nitrogens with zero attached hydrogens (tertiary/aromatic N) is 2. The zero-order valence-corrected chi connectivity index (χ0v) is 12.5. The van der Waals surface area contributed by atoms with Gasteiger partial charge in [-0.1, -0.05) is 18.2 Å². The first-order valence-corrected chi connectivity index (χ1v) is 7.84. The van der Waals surface area contributed by atoms with Crippen molar-refractivity contribution in [3.05, 3.63) is 41.4 Å². The van der Waals surface area contributed by atoms with E-state index in [1.54, 1.807) is 5.38 Å². The van der Waals surface area contributed by atoms with Gasteiger partial charge in [0.05, 0.1) is 0 Å². The lowest BCUT2D eigenvalue weighted by Crippen LogP contribution is -2.40. The predicted molar refractivity (Wildman–Crippen MR) is 83.5 cm³/mol. The number of carbonyl (C=O) groups is 2. The van der Waals surface area contributed by atoms with E-state index in [-0.39, 0.29) is 11.6 Å². The number of benzene rings is 1. The van der Waals surface area contributed by atoms with Crippen molar-refractivity contribution in [2.45, 2.75) is 18.9 Å². The van der Waals surface area contributed by atoms with Crippen LogP contribution in [0.3, 0.4) is 0 Å². The molecule has 7 heteroatoms. The Morgan fingerprint density at radius 1 is 1.32 bits per heavy atom. The normalized spacial score (nSPS) is 17.5. The maximum Gasteiger partial charge on any atom is 0.326 e. The quantitative estimate of drug-likeness (QED) is 0.905. The summed E-state index contributed by atoms with van der Waals surface area (Å²) in [5.41, 5.74) is 1.18. The molecule has 22 heavy (non-hydrogen) atoms. The zero-order chi connectivity index (χ0) is 15.5. The first-order valence-electron chi connectivity index (χ1n) is 6.96. The fraction of sp³-hybridized carbons (Fsp3) is 0.267. The largest absolute Gasteiger partial charge is 0.480 e. The third-order valence-electron chi connectivity index (χ3n) is 3.55. The number of carbonyl (C=O) groups excluding carboxylic acids is 1. The van der Waals surface area contributed by atoms with Gasteiger partial charge in [0.25, 0.3) is 5.91 Å². The van der Waals surface area contributed by atoms with Crippen LogP contribution in [0.4, 0.5) is 10.8 Å². The molecule has 1 aliphatic rings. The van der Waals surface area contributed by atoms with Crippen molar-refractivity contribution in [3.8, 4) is 0 Å². The molecule has 2 heterocycles. The summed E-state index contributed by atoms with van der Waals surface area (Å²) in [6, 6.07) is 8.81. The Balaban J connectivity index is 1.73. The molecule has 2 N–H and O–H groups in total. The molecule has 1 fully saturated rings. The number of carboxylic acid groups (broad SMARTS) is 1. The van der Waals surface area contributed by atoms with Crippen molar-refractivity contribution >= 4 is 34.0 Å². The molecule has 0 saturated carbocycles. The van der Waals surface area contributed by atoms with E-state index in [9.17, 15) is 9.59 Å². The van der Waals surface area contributed by atoms with E-state index in [1.165, 1.54) is 16.2 Å². The Morgan fingerprint density at radius 3 is 2.82 bits per heavy atom. The Kier molecular flexibility index (Phi) is 4.06. The number of likely N-dealkylation sites (tertiary alicyclic amines) is 1. The van der Waals surface area contributed by atoms with Crippen molar-refractivity contribution in [3.63, 3.8) is 0 Å². The number of anilines is 2. The van der Waals surface area contributed by atoms with Gasteiger partial charge in [0.1, 0.15) is 11.7 Å². The second-order valence-electron chi connectivity index (χ2n) is 5.02. The summed E-state index contributed by atoms with van der Waals surface area (Å²) in [6.45, 7) is 0.467. The van der Waals surface area contributed by atoms with Gasteiger partial charge in [-0.2, -0.15) is 0 Å². The monoisotopic (exact) mass is 317 g/mol. The van der Waals surface area contributed by atoms with Crippen LogP contribution in [0.25, 0.3) is 0 Å². The van der Waals surface area contributed by atoms with Gasteiger partial charge < -0.3 is 15.3 Å². The smallest absolute Gasteiger partial charge is 0.326 e. The Labute approximate surface area is 131 Å². The molecular formula is C15H15N3O3S. The number of nitrogens with one attached hydrogen (secondary N) is 1. The Hall–Kier alpha value is -2.41. The highest BCUT2D eigenvalue weighted by molar-refractivity contribution is 7.14. The van der Waals surface area contributed by atoms with E-state index in [1.807, 2.05) is 30.3 Å². The van der Waals surface area contributed by atoms with E-state index < -0.39 is 12.0 Å². The van der Waals surface area contributed by atoms with Crippen LogP contribution >= 0.6 is 11.3 Å². The number of aliphatic carboxylic acids is 1. The summed E-state index contributed by atoms with van der Waals surface area (Å²) in [5, 5.41) is 14.5. The molecule has 114 valence electrons. The number of amides is 1. The van der Waals surface area contributed by atoms with E-state index in [0.29, 0.717) is 24.5 Å². The molecule has 1 aromatic carbocycles. The SMILES string of the molecule is O=C(O)C1CCCN1C(=O)c1csc(Nc2ccccc2)n1. The van der Waals surface area contributed by atoms with Crippen molar-refractivity contribution in [1.29, 1.82) is 0 Å². The molecule has 0 aliphatic carbocycles. The summed E-state index contributed by atoms with van der Waals surface area (Å²) in [6.07, 6.45) is 1.21. The van der Waals surface area contributed by atoms with Crippen molar-refractivity contribution in [2.75, 3.05) is 11.9 Å². The summed E-state index contributed by atoms with van der Waals surface area (Å²) in [5.74, 6) is -1.27. The van der Waals surface area contributed by atoms with Gasteiger partial charge in [-0.3, -0.25) is 4.79 Å². The highest BCUT2D eigenvalue weighted by Crippen LogP contribution is 2.24. The minimum atomic E-state index is -0.955. The lowest BCUT2D eigenvalue weighted by Gasteiger charge is -2.20. The molecule has 1 aromatic heterocycles. The maximum atomic E-state index is 12.4. The van der Waals surface area contributed by atoms with Crippen LogP contribution < -0.4 is 5.32 Å². The average molecular weight is 317 g/mol. The van der Waals surface area contributed by atoms with Gasteiger partial charge in [0, 0.05) is 17.6 Å². The van der Waals surface area contributed by atoms with Crippen LogP contribution in [-0.4, -0.2) is 39.5 Å². The fourth-order valence-electron chi connectivity index (χ4n) is 2.49. The number of thiazole rings is 1. The van der Waals surface area contributed by atoms with Crippen LogP contribution in [-0.2, 0) is 4.79 Å². The van der Waals surface area contributed by atoms with Gasteiger partial charge >= 0.3 is 5.97 Å². The molecule has 1 atom stereocenters. The van der Waals surface area contributed by atoms with Crippen molar-refractivity contribution < 1.29 is 14.7 Å². The molecule has 0 bridgehead atoms. The van der Waals surface area contributed by atoms with E-state index in [4.69, 9.17) is 5.11 Å². The van der Waals surface area contributed by atoms with Crippen LogP contribution in [0.15, 0.2) is 35.7 Å². The number of rotatable bonds is 4. The molecule has 0 radical (unpaired) electrons. The first-order chi connectivity index (χ1) is 10.6. The minimum Gasteiger partial charge on any atom is -0.480 e. The molecule has 3 rings (SSSR count). The van der Waals surface area contributed by atoms with Gasteiger partial charge in [0.2, 0.25) is 0 Å². The van der Waals surface area contributed by atoms with Crippen LogP contribution in [0, 0.1) is 0 Å². The van der Waals surface area contributed by atoms with Gasteiger partial charge in [0.15, 0.2) is 5.13 Å². The van der Waals surface area contributed by atoms with Crippen molar-refractivity contribution in [2.24, 2.45) is 0 Å². The minimum absolute atomic E-state index is 0.289. The van der Waals surface area contributed by atoms with Crippen LogP contribution in [0.5, 0.6) is 0 Å². The number of carboxylic acids is 1. The average Bonchev–Trinajstić information content (AvgIpc) is 3.16. The zero-order valence-electron chi connectivity index (χ0n) is 11.7. The second kappa shape index (κ2) is 6.15. The molecule has 1 amide bonds. The van der Waals surface area contributed by atoms with E-state index in [0.717, 1.165) is 5.69 Å². The third-order valence-corrected chi connectivity index (χ3v) is 4.30. The van der Waals surface area contributed by atoms with Crippen LogP contribution in [0.2, 0.25) is 0 Å². The molecular weight excluding hydrogens is 302 g/mol. The molecule has 1 aliphatic heterocycles. The second-order valence-corrected chi connectivity index (χ2v) is 5.88. The standard InChI is InChI=1S/C15H15N3O3S/c19-13(18-8-4-7-12(18)14(20)21)11-9-22-15(17-11)16-10-5-2-1-3-6-10/h1-3,5-6,9,12H,4,7-8H2,(H,16,17)(H,20,21). The van der Waals surface area contributed by atoms with E-state index >= 15 is 0 Å². The Bertz CT molecular complexity index is 686. The third kappa shape index (κ3) is 2.94. The van der Waals surface area contributed by atoms with Crippen molar-refractivity contribution in [1.82, 2.24) is 9.88 Å². The number of para-hydroxylation sites is 1. The van der Waals surface area contributed by atoms with E-state index in [2.05, 4.69) is 10.3 Å². The molecule has 6 nitrogen and oxygen atoms in total. The number of hydrogen-bond acceptors (Lipinski definition) is 5. The predicted octanol–water partition coefficient (Wildman–Crippen LogP) is 2.58. The maximum absolute atomic E-state index is 12.4. The van der Waals surface area contributed by atoms with Crippen LogP contribution in [0.1, 0.15) is 23.3 Å².